The van der Waals surface area contributed by atoms with Crippen molar-refractivity contribution < 1.29 is 44.3 Å². The molecule has 1 fully saturated rings. The van der Waals surface area contributed by atoms with Crippen LogP contribution in [0.5, 0.6) is 0 Å². The van der Waals surface area contributed by atoms with Gasteiger partial charge in [0.05, 0.1) is 6.61 Å². The summed E-state index contributed by atoms with van der Waals surface area (Å²) in [4.78, 5) is 0. The first-order valence-corrected chi connectivity index (χ1v) is 5.57. The molecule has 1 saturated carbocycles. The lowest BCUT2D eigenvalue weighted by Gasteiger charge is -2.38. The average Bonchev–Trinajstić information content (AvgIpc) is 2.20. The predicted molar refractivity (Wildman–Crippen MR) is 49.1 cm³/mol. The van der Waals surface area contributed by atoms with Crippen LogP contribution in [0, 0.1) is 0 Å². The van der Waals surface area contributed by atoms with Crippen LogP contribution in [-0.2, 0) is 4.74 Å². The molecule has 0 aromatic rings. The zero-order valence-corrected chi connectivity index (χ0v) is 9.92. The molecule has 0 radical (unpaired) electrons. The molecule has 2 atom stereocenters. The van der Waals surface area contributed by atoms with Gasteiger partial charge >= 0.3 is 12.3 Å². The molecule has 0 amide bonds. The van der Waals surface area contributed by atoms with Gasteiger partial charge in [0.2, 0.25) is 0 Å². The van der Waals surface area contributed by atoms with E-state index in [1.165, 1.54) is 0 Å². The molecule has 0 N–H and O–H groups in total. The summed E-state index contributed by atoms with van der Waals surface area (Å²) in [5, 5.41) is 0. The third-order valence-corrected chi connectivity index (χ3v) is 2.86. The molecule has 1 nitrogen and oxygen atoms in total. The molecule has 1 rings (SSSR count). The van der Waals surface area contributed by atoms with Gasteiger partial charge in [0.15, 0.2) is 11.8 Å². The van der Waals surface area contributed by atoms with E-state index in [2.05, 4.69) is 4.74 Å². The van der Waals surface area contributed by atoms with Gasteiger partial charge in [-0.05, 0) is 12.8 Å². The Bertz CT molecular complexity index is 340. The van der Waals surface area contributed by atoms with Crippen LogP contribution in [0.2, 0.25) is 0 Å². The minimum absolute atomic E-state index is 0.488. The molecular weight excluding hydrogens is 307 g/mol. The van der Waals surface area contributed by atoms with Crippen molar-refractivity contribution >= 4 is 0 Å². The fraction of sp³-hybridized carbons (Fsp3) is 1.00. The Morgan fingerprint density at radius 1 is 1.00 bits per heavy atom. The van der Waals surface area contributed by atoms with Crippen LogP contribution in [0.1, 0.15) is 25.7 Å². The van der Waals surface area contributed by atoms with Crippen LogP contribution in [0.4, 0.5) is 39.5 Å². The Kier molecular flexibility index (Phi) is 4.58. The smallest absolute Gasteiger partial charge is 0.317 e. The predicted octanol–water partition coefficient (Wildman–Crippen LogP) is 4.41. The minimum Gasteiger partial charge on any atom is -0.317 e. The van der Waals surface area contributed by atoms with E-state index in [0.717, 1.165) is 0 Å². The van der Waals surface area contributed by atoms with Gasteiger partial charge in [-0.1, -0.05) is 0 Å². The molecule has 10 heteroatoms. The summed E-state index contributed by atoms with van der Waals surface area (Å²) in [5.74, 6) is -4.06. The van der Waals surface area contributed by atoms with Gasteiger partial charge in [0.1, 0.15) is 6.42 Å². The van der Waals surface area contributed by atoms with Crippen molar-refractivity contribution in [3.05, 3.63) is 0 Å². The molecule has 0 aliphatic heterocycles. The second kappa shape index (κ2) is 5.27. The molecule has 120 valence electrons. The van der Waals surface area contributed by atoms with E-state index in [9.17, 15) is 39.5 Å². The maximum absolute atomic E-state index is 13.8. The van der Waals surface area contributed by atoms with Crippen LogP contribution in [-0.4, -0.2) is 36.7 Å². The standard InChI is InChI=1S/C10H11F9O/c11-6-7(12,2-1-3-8(6,13)14)5-20-10(18,19)4-9(15,16)17/h6H,1-5H2. The van der Waals surface area contributed by atoms with Crippen molar-refractivity contribution in [2.24, 2.45) is 0 Å². The van der Waals surface area contributed by atoms with Crippen molar-refractivity contribution in [3.8, 4) is 0 Å². The largest absolute Gasteiger partial charge is 0.397 e. The Hall–Kier alpha value is -0.670. The first-order valence-electron chi connectivity index (χ1n) is 5.57. The van der Waals surface area contributed by atoms with Crippen LogP contribution in [0.15, 0.2) is 0 Å². The zero-order chi connectivity index (χ0) is 15.8. The summed E-state index contributed by atoms with van der Waals surface area (Å²) in [6, 6.07) is 0. The number of ether oxygens (including phenoxy) is 1. The summed E-state index contributed by atoms with van der Waals surface area (Å²) in [5.41, 5.74) is -3.43. The van der Waals surface area contributed by atoms with E-state index in [1.807, 2.05) is 0 Å². The van der Waals surface area contributed by atoms with Gasteiger partial charge in [-0.3, -0.25) is 0 Å². The Balaban J connectivity index is 2.68. The van der Waals surface area contributed by atoms with Gasteiger partial charge in [0, 0.05) is 6.42 Å². The number of rotatable bonds is 4. The molecule has 0 saturated heterocycles. The van der Waals surface area contributed by atoms with Gasteiger partial charge in [-0.2, -0.15) is 22.0 Å². The monoisotopic (exact) mass is 318 g/mol. The molecule has 2 unspecified atom stereocenters. The van der Waals surface area contributed by atoms with Crippen molar-refractivity contribution in [1.82, 2.24) is 0 Å². The van der Waals surface area contributed by atoms with Gasteiger partial charge < -0.3 is 4.74 Å². The highest BCUT2D eigenvalue weighted by Gasteiger charge is 2.58. The summed E-state index contributed by atoms with van der Waals surface area (Å²) >= 11 is 0. The molecule has 20 heavy (non-hydrogen) atoms. The highest BCUT2D eigenvalue weighted by Crippen LogP contribution is 2.45. The molecule has 0 spiro atoms. The summed E-state index contributed by atoms with van der Waals surface area (Å²) in [6.45, 7) is -1.87. The fourth-order valence-electron chi connectivity index (χ4n) is 1.91. The third kappa shape index (κ3) is 4.42. The lowest BCUT2D eigenvalue weighted by Crippen LogP contribution is -2.54. The van der Waals surface area contributed by atoms with E-state index in [0.29, 0.717) is 0 Å². The first kappa shape index (κ1) is 17.4. The Labute approximate surface area is 108 Å². The second-order valence-electron chi connectivity index (χ2n) is 4.73. The molecule has 0 bridgehead atoms. The first-order chi connectivity index (χ1) is 8.78. The summed E-state index contributed by atoms with van der Waals surface area (Å²) < 4.78 is 117. The van der Waals surface area contributed by atoms with Gasteiger partial charge in [0.25, 0.3) is 5.92 Å². The molecular formula is C10H11F9O. The highest BCUT2D eigenvalue weighted by atomic mass is 19.4. The van der Waals surface area contributed by atoms with Crippen LogP contribution < -0.4 is 0 Å². The molecule has 0 aromatic carbocycles. The summed E-state index contributed by atoms with van der Waals surface area (Å²) in [7, 11) is 0. The van der Waals surface area contributed by atoms with Crippen LogP contribution >= 0.6 is 0 Å². The Morgan fingerprint density at radius 2 is 1.55 bits per heavy atom. The normalized spacial score (nSPS) is 31.4. The average molecular weight is 318 g/mol. The second-order valence-corrected chi connectivity index (χ2v) is 4.73. The number of hydrogen-bond acceptors (Lipinski definition) is 1. The SMILES string of the molecule is FC1C(F)(F)CCCC1(F)COC(F)(F)CC(F)(F)F. The molecule has 1 aliphatic carbocycles. The summed E-state index contributed by atoms with van der Waals surface area (Å²) in [6.07, 6.45) is -18.5. The molecule has 0 heterocycles. The van der Waals surface area contributed by atoms with Crippen molar-refractivity contribution in [1.29, 1.82) is 0 Å². The zero-order valence-electron chi connectivity index (χ0n) is 9.92. The van der Waals surface area contributed by atoms with Gasteiger partial charge in [-0.15, -0.1) is 0 Å². The fourth-order valence-corrected chi connectivity index (χ4v) is 1.91. The van der Waals surface area contributed by atoms with Crippen molar-refractivity contribution in [2.75, 3.05) is 6.61 Å². The van der Waals surface area contributed by atoms with Gasteiger partial charge in [-0.25, -0.2) is 17.6 Å². The Morgan fingerprint density at radius 3 is 2.05 bits per heavy atom. The van der Waals surface area contributed by atoms with Crippen LogP contribution in [0.3, 0.4) is 0 Å². The molecule has 1 aliphatic rings. The van der Waals surface area contributed by atoms with E-state index in [-0.39, 0.29) is 0 Å². The van der Waals surface area contributed by atoms with E-state index >= 15 is 0 Å². The van der Waals surface area contributed by atoms with Crippen molar-refractivity contribution in [3.63, 3.8) is 0 Å². The maximum atomic E-state index is 13.8. The van der Waals surface area contributed by atoms with E-state index in [4.69, 9.17) is 0 Å². The lowest BCUT2D eigenvalue weighted by atomic mass is 9.82. The number of alkyl halides is 9. The third-order valence-electron chi connectivity index (χ3n) is 2.86. The van der Waals surface area contributed by atoms with Crippen LogP contribution in [0.25, 0.3) is 0 Å². The highest BCUT2D eigenvalue weighted by molar-refractivity contribution is 5.00. The minimum atomic E-state index is -5.29. The number of halogens is 9. The van der Waals surface area contributed by atoms with E-state index in [1.54, 1.807) is 0 Å². The number of hydrogen-bond donors (Lipinski definition) is 0. The lowest BCUT2D eigenvalue weighted by molar-refractivity contribution is -0.309. The molecule has 0 aromatic heterocycles. The van der Waals surface area contributed by atoms with Crippen molar-refractivity contribution in [2.45, 2.75) is 55.7 Å². The van der Waals surface area contributed by atoms with E-state index < -0.39 is 62.3 Å². The maximum Gasteiger partial charge on any atom is 0.397 e. The quantitative estimate of drug-likeness (QED) is 0.698. The topological polar surface area (TPSA) is 9.23 Å².